The van der Waals surface area contributed by atoms with Crippen LogP contribution in [0.1, 0.15) is 213 Å². The molecule has 2 atom stereocenters. The van der Waals surface area contributed by atoms with E-state index in [4.69, 9.17) is 18.9 Å². The number of unbranched alkanes of at least 4 members (excludes halogenated alkanes) is 20. The summed E-state index contributed by atoms with van der Waals surface area (Å²) in [6, 6.07) is 0. The minimum absolute atomic E-state index is 0.110. The summed E-state index contributed by atoms with van der Waals surface area (Å²) < 4.78 is 21.9. The highest BCUT2D eigenvalue weighted by atomic mass is 16.6. The van der Waals surface area contributed by atoms with Crippen molar-refractivity contribution in [2.24, 2.45) is 5.92 Å². The molecule has 0 fully saturated rings. The van der Waals surface area contributed by atoms with E-state index in [1.807, 2.05) is 6.92 Å². The Bertz CT molecular complexity index is 688. The summed E-state index contributed by atoms with van der Waals surface area (Å²) in [5.41, 5.74) is 0. The van der Waals surface area contributed by atoms with Crippen molar-refractivity contribution in [3.63, 3.8) is 0 Å². The maximum absolute atomic E-state index is 12.0. The highest BCUT2D eigenvalue weighted by molar-refractivity contribution is 5.69. The molecule has 0 spiro atoms. The minimum atomic E-state index is -0.148. The topological polar surface area (TPSA) is 112 Å². The Hall–Kier alpha value is -1.22. The first-order valence-electron chi connectivity index (χ1n) is 22.2. The molecule has 8 heteroatoms. The molecular weight excluding hydrogens is 656 g/mol. The van der Waals surface area contributed by atoms with Gasteiger partial charge in [0, 0.05) is 18.8 Å². The molecule has 0 aliphatic carbocycles. The molecule has 8 nitrogen and oxygen atoms in total. The molecule has 0 amide bonds. The monoisotopic (exact) mass is 743 g/mol. The van der Waals surface area contributed by atoms with E-state index >= 15 is 0 Å². The number of esters is 2. The first-order valence-corrected chi connectivity index (χ1v) is 22.2. The van der Waals surface area contributed by atoms with Crippen molar-refractivity contribution < 1.29 is 38.7 Å². The molecule has 0 aromatic rings. The first kappa shape index (κ1) is 50.8. The number of hydrogen-bond acceptors (Lipinski definition) is 8. The van der Waals surface area contributed by atoms with Gasteiger partial charge in [0.05, 0.1) is 38.6 Å². The summed E-state index contributed by atoms with van der Waals surface area (Å²) in [4.78, 5) is 24.0. The van der Waals surface area contributed by atoms with Gasteiger partial charge in [-0.25, -0.2) is 0 Å². The average Bonchev–Trinajstić information content (AvgIpc) is 3.13. The van der Waals surface area contributed by atoms with Gasteiger partial charge in [-0.15, -0.1) is 0 Å². The van der Waals surface area contributed by atoms with Gasteiger partial charge in [-0.05, 0) is 38.5 Å². The van der Waals surface area contributed by atoms with Crippen molar-refractivity contribution in [2.45, 2.75) is 226 Å². The summed E-state index contributed by atoms with van der Waals surface area (Å²) in [6.45, 7) is 8.85. The number of carbonyl (C=O) groups is 2. The zero-order valence-electron chi connectivity index (χ0n) is 34.5. The summed E-state index contributed by atoms with van der Waals surface area (Å²) >= 11 is 0. The van der Waals surface area contributed by atoms with Crippen LogP contribution in [0.5, 0.6) is 0 Å². The molecule has 0 aromatic carbocycles. The molecule has 0 radical (unpaired) electrons. The van der Waals surface area contributed by atoms with Crippen molar-refractivity contribution >= 4 is 11.9 Å². The second-order valence-electron chi connectivity index (χ2n) is 15.4. The standard InChI is InChI=1S/C44H86O8/c1-4-6-8-22-28-41(45)30-24-18-14-10-12-16-20-26-32-43(47)51-36-34-49-38-40(3)39-50-35-37-52-44(48)33-27-21-17-13-11-15-19-25-31-42(46)29-23-9-7-5-2/h40-42,45-46H,4-39H2,1-3H3. The van der Waals surface area contributed by atoms with E-state index in [0.29, 0.717) is 39.3 Å². The van der Waals surface area contributed by atoms with Crippen LogP contribution in [0.15, 0.2) is 0 Å². The van der Waals surface area contributed by atoms with Crippen LogP contribution in [0.4, 0.5) is 0 Å². The molecule has 310 valence electrons. The van der Waals surface area contributed by atoms with Crippen molar-refractivity contribution in [1.29, 1.82) is 0 Å². The molecule has 2 unspecified atom stereocenters. The lowest BCUT2D eigenvalue weighted by Gasteiger charge is -2.13. The molecule has 0 rings (SSSR count). The van der Waals surface area contributed by atoms with E-state index in [1.165, 1.54) is 89.9 Å². The van der Waals surface area contributed by atoms with Gasteiger partial charge >= 0.3 is 11.9 Å². The number of aliphatic hydroxyl groups excluding tert-OH is 2. The van der Waals surface area contributed by atoms with E-state index in [9.17, 15) is 19.8 Å². The van der Waals surface area contributed by atoms with Gasteiger partial charge in [0.2, 0.25) is 0 Å². The fourth-order valence-electron chi connectivity index (χ4n) is 6.51. The molecule has 0 heterocycles. The summed E-state index contributed by atoms with van der Waals surface area (Å²) in [7, 11) is 0. The highest BCUT2D eigenvalue weighted by Crippen LogP contribution is 2.16. The molecular formula is C44H86O8. The van der Waals surface area contributed by atoms with Crippen LogP contribution < -0.4 is 0 Å². The van der Waals surface area contributed by atoms with Crippen LogP contribution in [0.3, 0.4) is 0 Å². The average molecular weight is 743 g/mol. The highest BCUT2D eigenvalue weighted by Gasteiger charge is 2.08. The summed E-state index contributed by atoms with van der Waals surface area (Å²) in [6.07, 6.45) is 32.6. The third kappa shape index (κ3) is 40.0. The van der Waals surface area contributed by atoms with Crippen LogP contribution in [-0.4, -0.2) is 74.0 Å². The number of hydrogen-bond donors (Lipinski definition) is 2. The lowest BCUT2D eigenvalue weighted by molar-refractivity contribution is -0.145. The molecule has 52 heavy (non-hydrogen) atoms. The lowest BCUT2D eigenvalue weighted by atomic mass is 10.0. The van der Waals surface area contributed by atoms with E-state index in [2.05, 4.69) is 13.8 Å². The van der Waals surface area contributed by atoms with Gasteiger partial charge < -0.3 is 29.2 Å². The maximum atomic E-state index is 12.0. The fourth-order valence-corrected chi connectivity index (χ4v) is 6.51. The number of carbonyl (C=O) groups excluding carboxylic acids is 2. The van der Waals surface area contributed by atoms with Crippen LogP contribution >= 0.6 is 0 Å². The van der Waals surface area contributed by atoms with E-state index in [-0.39, 0.29) is 43.3 Å². The fraction of sp³-hybridized carbons (Fsp3) is 0.955. The quantitative estimate of drug-likeness (QED) is 0.0470. The van der Waals surface area contributed by atoms with Gasteiger partial charge in [-0.3, -0.25) is 9.59 Å². The molecule has 0 saturated heterocycles. The molecule has 0 aliphatic heterocycles. The van der Waals surface area contributed by atoms with E-state index < -0.39 is 0 Å². The Morgan fingerprint density at radius 1 is 0.423 bits per heavy atom. The van der Waals surface area contributed by atoms with Gasteiger partial charge in [0.1, 0.15) is 13.2 Å². The number of rotatable bonds is 42. The molecule has 0 bridgehead atoms. The summed E-state index contributed by atoms with van der Waals surface area (Å²) in [5, 5.41) is 20.1. The first-order chi connectivity index (χ1) is 25.4. The Balaban J connectivity index is 3.40. The van der Waals surface area contributed by atoms with Gasteiger partial charge in [0.25, 0.3) is 0 Å². The van der Waals surface area contributed by atoms with E-state index in [1.54, 1.807) is 0 Å². The second-order valence-corrected chi connectivity index (χ2v) is 15.4. The maximum Gasteiger partial charge on any atom is 0.305 e. The second kappa shape index (κ2) is 41.0. The summed E-state index contributed by atoms with van der Waals surface area (Å²) in [5.74, 6) is -0.0967. The smallest absolute Gasteiger partial charge is 0.305 e. The van der Waals surface area contributed by atoms with Gasteiger partial charge in [0.15, 0.2) is 0 Å². The van der Waals surface area contributed by atoms with Crippen LogP contribution in [0.2, 0.25) is 0 Å². The number of ether oxygens (including phenoxy) is 4. The molecule has 0 aromatic heterocycles. The Morgan fingerprint density at radius 3 is 1.04 bits per heavy atom. The zero-order valence-corrected chi connectivity index (χ0v) is 34.5. The predicted molar refractivity (Wildman–Crippen MR) is 215 cm³/mol. The molecule has 0 saturated carbocycles. The molecule has 2 N–H and O–H groups in total. The van der Waals surface area contributed by atoms with Crippen LogP contribution in [0, 0.1) is 5.92 Å². The Labute approximate surface area is 321 Å². The normalized spacial score (nSPS) is 13.2. The SMILES string of the molecule is CCCCCCC(O)CCCCCCCCCCC(=O)OCCOCC(C)COCCOC(=O)CCCCCCCCCCC(O)CCCCCC. The third-order valence-corrected chi connectivity index (χ3v) is 9.90. The number of aliphatic hydroxyl groups is 2. The van der Waals surface area contributed by atoms with Crippen molar-refractivity contribution in [3.8, 4) is 0 Å². The van der Waals surface area contributed by atoms with Crippen molar-refractivity contribution in [2.75, 3.05) is 39.6 Å². The van der Waals surface area contributed by atoms with Crippen LogP contribution in [-0.2, 0) is 28.5 Å². The Kier molecular flexibility index (Phi) is 40.0. The van der Waals surface area contributed by atoms with Crippen LogP contribution in [0.25, 0.3) is 0 Å². The van der Waals surface area contributed by atoms with Gasteiger partial charge in [-0.1, -0.05) is 162 Å². The van der Waals surface area contributed by atoms with E-state index in [0.717, 1.165) is 89.9 Å². The largest absolute Gasteiger partial charge is 0.463 e. The predicted octanol–water partition coefficient (Wildman–Crippen LogP) is 11.2. The Morgan fingerprint density at radius 2 is 0.712 bits per heavy atom. The minimum Gasteiger partial charge on any atom is -0.463 e. The molecule has 0 aliphatic rings. The van der Waals surface area contributed by atoms with Gasteiger partial charge in [-0.2, -0.15) is 0 Å². The van der Waals surface area contributed by atoms with Crippen molar-refractivity contribution in [1.82, 2.24) is 0 Å². The third-order valence-electron chi connectivity index (χ3n) is 9.90. The lowest BCUT2D eigenvalue weighted by Crippen LogP contribution is -2.18. The zero-order chi connectivity index (χ0) is 38.2. The van der Waals surface area contributed by atoms with Crippen molar-refractivity contribution in [3.05, 3.63) is 0 Å².